The molecule has 0 spiro atoms. The highest BCUT2D eigenvalue weighted by Crippen LogP contribution is 2.43. The van der Waals surface area contributed by atoms with E-state index in [4.69, 9.17) is 14.7 Å². The Hall–Kier alpha value is -2.64. The van der Waals surface area contributed by atoms with Gasteiger partial charge in [-0.3, -0.25) is 5.10 Å². The maximum Gasteiger partial charge on any atom is 0.211 e. The molecule has 10 nitrogen and oxygen atoms in total. The molecule has 0 atom stereocenters. The Morgan fingerprint density at radius 3 is 2.66 bits per heavy atom. The number of ether oxygens (including phenoxy) is 1. The van der Waals surface area contributed by atoms with Crippen LogP contribution in [0.25, 0.3) is 32.5 Å². The summed E-state index contributed by atoms with van der Waals surface area (Å²) in [4.78, 5) is 12.9. The molecule has 4 aromatic rings. The second-order valence-electron chi connectivity index (χ2n) is 9.13. The first kappa shape index (κ1) is 22.8. The molecule has 2 fully saturated rings. The lowest BCUT2D eigenvalue weighted by Gasteiger charge is -2.36. The minimum Gasteiger partial charge on any atom is -0.384 e. The Labute approximate surface area is 206 Å². The number of nitrogens with one attached hydrogen (secondary N) is 1. The van der Waals surface area contributed by atoms with E-state index >= 15 is 0 Å². The van der Waals surface area contributed by atoms with Crippen LogP contribution in [0.1, 0.15) is 17.7 Å². The highest BCUT2D eigenvalue weighted by atomic mass is 32.2. The summed E-state index contributed by atoms with van der Waals surface area (Å²) in [5.41, 5.74) is 1.48. The average molecular weight is 515 g/mol. The first-order valence-corrected chi connectivity index (χ1v) is 14.2. The van der Waals surface area contributed by atoms with Crippen LogP contribution in [0.3, 0.4) is 0 Å². The van der Waals surface area contributed by atoms with Gasteiger partial charge in [-0.05, 0) is 25.0 Å². The SMILES string of the molecule is CS(=O)(=O)N1CCC(O)(c2cc3nc(-c4cccc5[nH]ncc45)nc(N4CCOCC4)c3s2)CC1. The molecule has 2 aliphatic rings. The van der Waals surface area contributed by atoms with Crippen LogP contribution in [-0.4, -0.2) is 83.6 Å². The van der Waals surface area contributed by atoms with Crippen LogP contribution in [0, 0.1) is 0 Å². The molecule has 2 saturated heterocycles. The number of fused-ring (bicyclic) bond motifs is 2. The Bertz CT molecular complexity index is 1500. The molecule has 0 amide bonds. The number of hydrogen-bond donors (Lipinski definition) is 2. The van der Waals surface area contributed by atoms with Gasteiger partial charge in [0.1, 0.15) is 5.60 Å². The molecule has 1 aromatic carbocycles. The molecule has 0 unspecified atom stereocenters. The summed E-state index contributed by atoms with van der Waals surface area (Å²) in [7, 11) is -3.28. The third-order valence-electron chi connectivity index (χ3n) is 6.87. The monoisotopic (exact) mass is 514 g/mol. The molecule has 184 valence electrons. The number of anilines is 1. The van der Waals surface area contributed by atoms with E-state index in [2.05, 4.69) is 15.1 Å². The Kier molecular flexibility index (Phi) is 5.53. The molecule has 0 saturated carbocycles. The van der Waals surface area contributed by atoms with E-state index in [-0.39, 0.29) is 0 Å². The van der Waals surface area contributed by atoms with Crippen molar-refractivity contribution in [2.75, 3.05) is 50.5 Å². The largest absolute Gasteiger partial charge is 0.384 e. The summed E-state index contributed by atoms with van der Waals surface area (Å²) < 4.78 is 31.8. The van der Waals surface area contributed by atoms with Crippen molar-refractivity contribution in [3.8, 4) is 11.4 Å². The Balaban J connectivity index is 1.46. The van der Waals surface area contributed by atoms with E-state index < -0.39 is 15.6 Å². The molecule has 2 aliphatic heterocycles. The van der Waals surface area contributed by atoms with Gasteiger partial charge < -0.3 is 14.7 Å². The molecule has 0 aliphatic carbocycles. The first-order chi connectivity index (χ1) is 16.8. The topological polar surface area (TPSA) is 125 Å². The van der Waals surface area contributed by atoms with Crippen LogP contribution >= 0.6 is 11.3 Å². The van der Waals surface area contributed by atoms with Gasteiger partial charge in [-0.2, -0.15) is 5.10 Å². The van der Waals surface area contributed by atoms with Gasteiger partial charge in [0, 0.05) is 42.0 Å². The number of thiophene rings is 1. The van der Waals surface area contributed by atoms with Gasteiger partial charge in [-0.25, -0.2) is 22.7 Å². The number of aliphatic hydroxyl groups is 1. The van der Waals surface area contributed by atoms with Crippen molar-refractivity contribution in [3.05, 3.63) is 35.3 Å². The molecule has 12 heteroatoms. The smallest absolute Gasteiger partial charge is 0.211 e. The quantitative estimate of drug-likeness (QED) is 0.425. The zero-order valence-electron chi connectivity index (χ0n) is 19.3. The zero-order valence-corrected chi connectivity index (χ0v) is 20.9. The van der Waals surface area contributed by atoms with Gasteiger partial charge in [0.2, 0.25) is 10.0 Å². The number of morpholine rings is 1. The van der Waals surface area contributed by atoms with Gasteiger partial charge in [-0.1, -0.05) is 12.1 Å². The van der Waals surface area contributed by atoms with Crippen molar-refractivity contribution in [2.24, 2.45) is 0 Å². The maximum atomic E-state index is 11.9. The van der Waals surface area contributed by atoms with Crippen molar-refractivity contribution >= 4 is 48.3 Å². The molecular weight excluding hydrogens is 488 g/mol. The number of aromatic amines is 1. The predicted molar refractivity (Wildman–Crippen MR) is 135 cm³/mol. The number of piperidine rings is 1. The molecular formula is C23H26N6O4S2. The first-order valence-electron chi connectivity index (χ1n) is 11.6. The lowest BCUT2D eigenvalue weighted by Crippen LogP contribution is -2.44. The minimum absolute atomic E-state index is 0.291. The fourth-order valence-electron chi connectivity index (χ4n) is 4.85. The van der Waals surface area contributed by atoms with Crippen molar-refractivity contribution in [1.82, 2.24) is 24.5 Å². The highest BCUT2D eigenvalue weighted by Gasteiger charge is 2.38. The maximum absolute atomic E-state index is 11.9. The van der Waals surface area contributed by atoms with E-state index in [0.717, 1.165) is 50.5 Å². The van der Waals surface area contributed by atoms with E-state index in [0.29, 0.717) is 45.0 Å². The number of aromatic nitrogens is 4. The highest BCUT2D eigenvalue weighted by molar-refractivity contribution is 7.88. The van der Waals surface area contributed by atoms with Crippen molar-refractivity contribution in [3.63, 3.8) is 0 Å². The third kappa shape index (κ3) is 4.08. The third-order valence-corrected chi connectivity index (χ3v) is 9.48. The van der Waals surface area contributed by atoms with E-state index in [1.807, 2.05) is 24.3 Å². The molecule has 6 rings (SSSR count). The predicted octanol–water partition coefficient (Wildman–Crippen LogP) is 2.31. The summed E-state index contributed by atoms with van der Waals surface area (Å²) in [6.45, 7) is 3.28. The van der Waals surface area contributed by atoms with Gasteiger partial charge in [0.25, 0.3) is 0 Å². The summed E-state index contributed by atoms with van der Waals surface area (Å²) in [5, 5.41) is 19.6. The summed E-state index contributed by atoms with van der Waals surface area (Å²) in [6.07, 6.45) is 3.68. The molecule has 0 radical (unpaired) electrons. The summed E-state index contributed by atoms with van der Waals surface area (Å²) >= 11 is 1.50. The normalized spacial score (nSPS) is 19.5. The summed E-state index contributed by atoms with van der Waals surface area (Å²) in [5.74, 6) is 1.44. The zero-order chi connectivity index (χ0) is 24.2. The van der Waals surface area contributed by atoms with Crippen molar-refractivity contribution in [2.45, 2.75) is 18.4 Å². The average Bonchev–Trinajstić information content (AvgIpc) is 3.51. The van der Waals surface area contributed by atoms with Gasteiger partial charge in [-0.15, -0.1) is 11.3 Å². The van der Waals surface area contributed by atoms with Crippen LogP contribution < -0.4 is 4.90 Å². The van der Waals surface area contributed by atoms with E-state index in [9.17, 15) is 13.5 Å². The van der Waals surface area contributed by atoms with Gasteiger partial charge in [0.15, 0.2) is 11.6 Å². The van der Waals surface area contributed by atoms with Crippen LogP contribution in [0.4, 0.5) is 5.82 Å². The van der Waals surface area contributed by atoms with Gasteiger partial charge >= 0.3 is 0 Å². The lowest BCUT2D eigenvalue weighted by atomic mass is 9.91. The Morgan fingerprint density at radius 2 is 1.91 bits per heavy atom. The minimum atomic E-state index is -3.28. The van der Waals surface area contributed by atoms with E-state index in [1.54, 1.807) is 6.20 Å². The van der Waals surface area contributed by atoms with Crippen LogP contribution in [0.2, 0.25) is 0 Å². The lowest BCUT2D eigenvalue weighted by molar-refractivity contribution is -0.00617. The van der Waals surface area contributed by atoms with Crippen LogP contribution in [0.5, 0.6) is 0 Å². The number of sulfonamides is 1. The number of H-pyrrole nitrogens is 1. The fourth-order valence-corrected chi connectivity index (χ4v) is 6.96. The van der Waals surface area contributed by atoms with Crippen molar-refractivity contribution in [1.29, 1.82) is 0 Å². The van der Waals surface area contributed by atoms with E-state index in [1.165, 1.54) is 21.9 Å². The standard InChI is InChI=1S/C23H26N6O4S2/c1-35(31,32)29-7-5-23(30,6-8-29)19-13-18-20(34-19)22(28-9-11-33-12-10-28)26-21(25-18)15-3-2-4-17-16(15)14-24-27-17/h2-4,13-14,30H,5-12H2,1H3,(H,24,27). The van der Waals surface area contributed by atoms with Crippen molar-refractivity contribution < 1.29 is 18.3 Å². The number of rotatable bonds is 4. The second kappa shape index (κ2) is 8.49. The molecule has 35 heavy (non-hydrogen) atoms. The second-order valence-corrected chi connectivity index (χ2v) is 12.2. The Morgan fingerprint density at radius 1 is 1.14 bits per heavy atom. The number of benzene rings is 1. The van der Waals surface area contributed by atoms with Gasteiger partial charge in [0.05, 0.1) is 41.4 Å². The summed E-state index contributed by atoms with van der Waals surface area (Å²) in [6, 6.07) is 7.86. The fraction of sp³-hybridized carbons (Fsp3) is 0.435. The molecule has 2 N–H and O–H groups in total. The van der Waals surface area contributed by atoms with Crippen LogP contribution in [0.15, 0.2) is 30.5 Å². The molecule has 5 heterocycles. The molecule has 3 aromatic heterocycles. The number of nitrogens with zero attached hydrogens (tertiary/aromatic N) is 5. The van der Waals surface area contributed by atoms with Crippen LogP contribution in [-0.2, 0) is 20.4 Å². The number of hydrogen-bond acceptors (Lipinski definition) is 9. The molecule has 0 bridgehead atoms.